The fourth-order valence-corrected chi connectivity index (χ4v) is 1.22. The van der Waals surface area contributed by atoms with Gasteiger partial charge in [-0.15, -0.1) is 0 Å². The Morgan fingerprint density at radius 1 is 1.16 bits per heavy atom. The van der Waals surface area contributed by atoms with Crippen molar-refractivity contribution < 1.29 is 14.3 Å². The lowest BCUT2D eigenvalue weighted by Gasteiger charge is -2.07. The van der Waals surface area contributed by atoms with Gasteiger partial charge < -0.3 is 15.4 Å². The van der Waals surface area contributed by atoms with E-state index in [1.54, 1.807) is 0 Å². The second-order valence-electron chi connectivity index (χ2n) is 3.43. The van der Waals surface area contributed by atoms with Crippen LogP contribution in [-0.4, -0.2) is 25.7 Å². The fourth-order valence-electron chi connectivity index (χ4n) is 1.22. The number of benzene rings is 1. The highest BCUT2D eigenvalue weighted by molar-refractivity contribution is 5.91. The Morgan fingerprint density at radius 3 is 2.21 bits per heavy atom. The van der Waals surface area contributed by atoms with Crippen molar-refractivity contribution >= 4 is 17.7 Å². The van der Waals surface area contributed by atoms with Gasteiger partial charge in [-0.3, -0.25) is 4.79 Å². The number of amides is 2. The van der Waals surface area contributed by atoms with Crippen LogP contribution in [0.3, 0.4) is 0 Å². The van der Waals surface area contributed by atoms with E-state index in [1.807, 2.05) is 38.1 Å². The van der Waals surface area contributed by atoms with Gasteiger partial charge in [0.1, 0.15) is 6.54 Å². The van der Waals surface area contributed by atoms with Gasteiger partial charge in [0.05, 0.1) is 7.11 Å². The van der Waals surface area contributed by atoms with Gasteiger partial charge >= 0.3 is 12.0 Å². The maximum Gasteiger partial charge on any atom is 0.325 e. The summed E-state index contributed by atoms with van der Waals surface area (Å²) in [5, 5.41) is 5.00. The molecule has 1 aromatic rings. The van der Waals surface area contributed by atoms with Crippen molar-refractivity contribution in [2.75, 3.05) is 19.0 Å². The summed E-state index contributed by atoms with van der Waals surface area (Å²) in [4.78, 5) is 22.1. The average molecular weight is 266 g/mol. The standard InChI is InChI=1S/C12H16N2O3.C2H6/c1-3-9-4-6-10(7-5-9)14-12(16)13-8-11(15)17-2;1-2/h4-7H,3,8H2,1-2H3,(H2,13,14,16);1-2H3. The minimum atomic E-state index is -0.485. The van der Waals surface area contributed by atoms with E-state index >= 15 is 0 Å². The number of nitrogens with one attached hydrogen (secondary N) is 2. The molecule has 2 amide bonds. The van der Waals surface area contributed by atoms with Crippen molar-refractivity contribution in [3.63, 3.8) is 0 Å². The minimum absolute atomic E-state index is 0.143. The van der Waals surface area contributed by atoms with Crippen LogP contribution in [0.2, 0.25) is 0 Å². The zero-order valence-electron chi connectivity index (χ0n) is 11.9. The summed E-state index contributed by atoms with van der Waals surface area (Å²) in [5.41, 5.74) is 1.88. The second kappa shape index (κ2) is 9.94. The Labute approximate surface area is 114 Å². The van der Waals surface area contributed by atoms with E-state index in [4.69, 9.17) is 0 Å². The molecule has 106 valence electrons. The molecule has 19 heavy (non-hydrogen) atoms. The first-order chi connectivity index (χ1) is 9.15. The topological polar surface area (TPSA) is 67.4 Å². The molecule has 0 bridgehead atoms. The van der Waals surface area contributed by atoms with Crippen molar-refractivity contribution in [3.05, 3.63) is 29.8 Å². The van der Waals surface area contributed by atoms with E-state index in [0.717, 1.165) is 6.42 Å². The van der Waals surface area contributed by atoms with Gasteiger partial charge in [-0.05, 0) is 24.1 Å². The van der Waals surface area contributed by atoms with Crippen molar-refractivity contribution in [1.82, 2.24) is 5.32 Å². The van der Waals surface area contributed by atoms with Crippen LogP contribution in [-0.2, 0) is 16.0 Å². The quantitative estimate of drug-likeness (QED) is 0.823. The Balaban J connectivity index is 0.00000154. The number of carbonyl (C=O) groups is 2. The zero-order valence-corrected chi connectivity index (χ0v) is 11.9. The van der Waals surface area contributed by atoms with Crippen LogP contribution in [0.5, 0.6) is 0 Å². The molecule has 0 aliphatic heterocycles. The van der Waals surface area contributed by atoms with Gasteiger partial charge in [-0.2, -0.15) is 0 Å². The molecule has 0 aliphatic carbocycles. The molecule has 1 rings (SSSR count). The summed E-state index contributed by atoms with van der Waals surface area (Å²) < 4.78 is 4.40. The molecule has 2 N–H and O–H groups in total. The molecule has 0 radical (unpaired) electrons. The van der Waals surface area contributed by atoms with E-state index in [0.29, 0.717) is 5.69 Å². The molecule has 0 saturated carbocycles. The summed E-state index contributed by atoms with van der Waals surface area (Å²) in [6.07, 6.45) is 0.953. The molecular formula is C14H22N2O3. The molecular weight excluding hydrogens is 244 g/mol. The lowest BCUT2D eigenvalue weighted by molar-refractivity contribution is -0.139. The molecule has 0 atom stereocenters. The molecule has 0 fully saturated rings. The number of hydrogen-bond donors (Lipinski definition) is 2. The predicted molar refractivity (Wildman–Crippen MR) is 76.2 cm³/mol. The molecule has 1 aromatic carbocycles. The summed E-state index contributed by atoms with van der Waals surface area (Å²) in [6.45, 7) is 5.92. The molecule has 0 spiro atoms. The van der Waals surface area contributed by atoms with Gasteiger partial charge in [0, 0.05) is 5.69 Å². The number of carbonyl (C=O) groups excluding carboxylic acids is 2. The lowest BCUT2D eigenvalue weighted by Crippen LogP contribution is -2.33. The molecule has 0 aromatic heterocycles. The average Bonchev–Trinajstić information content (AvgIpc) is 2.47. The molecule has 0 unspecified atom stereocenters. The third kappa shape index (κ3) is 7.08. The summed E-state index contributed by atoms with van der Waals surface area (Å²) in [6, 6.07) is 7.08. The molecule has 0 saturated heterocycles. The Bertz CT molecular complexity index is 388. The van der Waals surface area contributed by atoms with E-state index in [2.05, 4.69) is 22.3 Å². The summed E-state index contributed by atoms with van der Waals surface area (Å²) in [5.74, 6) is -0.485. The van der Waals surface area contributed by atoms with E-state index in [9.17, 15) is 9.59 Å². The maximum atomic E-state index is 11.4. The number of urea groups is 1. The highest BCUT2D eigenvalue weighted by Gasteiger charge is 2.04. The first-order valence-electron chi connectivity index (χ1n) is 6.36. The maximum absolute atomic E-state index is 11.4. The van der Waals surface area contributed by atoms with Crippen molar-refractivity contribution in [2.45, 2.75) is 27.2 Å². The Morgan fingerprint density at radius 2 is 1.74 bits per heavy atom. The normalized spacial score (nSPS) is 8.84. The van der Waals surface area contributed by atoms with Gasteiger partial charge in [0.15, 0.2) is 0 Å². The fraction of sp³-hybridized carbons (Fsp3) is 0.429. The van der Waals surface area contributed by atoms with Crippen LogP contribution < -0.4 is 10.6 Å². The molecule has 5 nitrogen and oxygen atoms in total. The van der Waals surface area contributed by atoms with Crippen LogP contribution in [0.1, 0.15) is 26.3 Å². The van der Waals surface area contributed by atoms with Gasteiger partial charge in [0.2, 0.25) is 0 Å². The molecule has 0 aliphatic rings. The highest BCUT2D eigenvalue weighted by atomic mass is 16.5. The van der Waals surface area contributed by atoms with Gasteiger partial charge in [-0.25, -0.2) is 4.79 Å². The van der Waals surface area contributed by atoms with E-state index in [1.165, 1.54) is 12.7 Å². The summed E-state index contributed by atoms with van der Waals surface area (Å²) >= 11 is 0. The van der Waals surface area contributed by atoms with Crippen molar-refractivity contribution in [2.24, 2.45) is 0 Å². The van der Waals surface area contributed by atoms with Gasteiger partial charge in [-0.1, -0.05) is 32.9 Å². The summed E-state index contributed by atoms with van der Waals surface area (Å²) in [7, 11) is 1.27. The monoisotopic (exact) mass is 266 g/mol. The van der Waals surface area contributed by atoms with Crippen LogP contribution in [0, 0.1) is 0 Å². The first kappa shape index (κ1) is 17.0. The third-order valence-electron chi connectivity index (χ3n) is 2.24. The number of ether oxygens (including phenoxy) is 1. The number of hydrogen-bond acceptors (Lipinski definition) is 3. The number of methoxy groups -OCH3 is 1. The Kier molecular flexibility index (Phi) is 8.87. The predicted octanol–water partition coefficient (Wildman–Crippen LogP) is 2.57. The largest absolute Gasteiger partial charge is 0.468 e. The van der Waals surface area contributed by atoms with Crippen LogP contribution >= 0.6 is 0 Å². The highest BCUT2D eigenvalue weighted by Crippen LogP contribution is 2.09. The van der Waals surface area contributed by atoms with Gasteiger partial charge in [0.25, 0.3) is 0 Å². The zero-order chi connectivity index (χ0) is 14.7. The van der Waals surface area contributed by atoms with Crippen LogP contribution in [0.15, 0.2) is 24.3 Å². The number of esters is 1. The Hall–Kier alpha value is -2.04. The molecule has 0 heterocycles. The minimum Gasteiger partial charge on any atom is -0.468 e. The van der Waals surface area contributed by atoms with Crippen molar-refractivity contribution in [3.8, 4) is 0 Å². The first-order valence-corrected chi connectivity index (χ1v) is 6.36. The van der Waals surface area contributed by atoms with Crippen molar-refractivity contribution in [1.29, 1.82) is 0 Å². The smallest absolute Gasteiger partial charge is 0.325 e. The SMILES string of the molecule is CC.CCc1ccc(NC(=O)NCC(=O)OC)cc1. The van der Waals surface area contributed by atoms with E-state index < -0.39 is 12.0 Å². The van der Waals surface area contributed by atoms with Crippen LogP contribution in [0.4, 0.5) is 10.5 Å². The number of anilines is 1. The van der Waals surface area contributed by atoms with E-state index in [-0.39, 0.29) is 6.54 Å². The lowest BCUT2D eigenvalue weighted by atomic mass is 10.1. The number of aryl methyl sites for hydroxylation is 1. The number of rotatable bonds is 4. The second-order valence-corrected chi connectivity index (χ2v) is 3.43. The van der Waals surface area contributed by atoms with Crippen LogP contribution in [0.25, 0.3) is 0 Å². The molecule has 5 heteroatoms. The third-order valence-corrected chi connectivity index (χ3v) is 2.24.